The van der Waals surface area contributed by atoms with Crippen LogP contribution in [0.5, 0.6) is 0 Å². The van der Waals surface area contributed by atoms with Gasteiger partial charge in [-0.05, 0) is 24.3 Å². The molecule has 28 heavy (non-hydrogen) atoms. The van der Waals surface area contributed by atoms with Crippen LogP contribution < -0.4 is 15.4 Å². The Balaban J connectivity index is 1.50. The Morgan fingerprint density at radius 3 is 2.54 bits per heavy atom. The molecule has 0 aliphatic carbocycles. The van der Waals surface area contributed by atoms with Crippen molar-refractivity contribution in [2.45, 2.75) is 0 Å². The monoisotopic (exact) mass is 379 g/mol. The van der Waals surface area contributed by atoms with Crippen LogP contribution in [0.25, 0.3) is 10.9 Å². The predicted octanol–water partition coefficient (Wildman–Crippen LogP) is 0.741. The highest BCUT2D eigenvalue weighted by atomic mass is 16.2. The molecule has 0 unspecified atom stereocenters. The number of aromatic nitrogens is 4. The minimum absolute atomic E-state index is 0.169. The van der Waals surface area contributed by atoms with Gasteiger partial charge in [0.15, 0.2) is 0 Å². The molecule has 0 radical (unpaired) electrons. The topological polar surface area (TPSA) is 98.3 Å². The molecule has 0 atom stereocenters. The van der Waals surface area contributed by atoms with Crippen molar-refractivity contribution in [1.82, 2.24) is 25.1 Å². The number of aromatic amines is 1. The normalized spacial score (nSPS) is 14.4. The van der Waals surface area contributed by atoms with Crippen LogP contribution in [-0.2, 0) is 0 Å². The molecule has 1 aliphatic heterocycles. The lowest BCUT2D eigenvalue weighted by molar-refractivity contribution is 0.0739. The summed E-state index contributed by atoms with van der Waals surface area (Å²) in [6.45, 7) is 2.60. The van der Waals surface area contributed by atoms with E-state index in [2.05, 4.69) is 37.2 Å². The third-order valence-corrected chi connectivity index (χ3v) is 4.85. The molecular weight excluding hydrogens is 358 g/mol. The van der Waals surface area contributed by atoms with Crippen molar-refractivity contribution in [3.63, 3.8) is 0 Å². The minimum atomic E-state index is -0.321. The van der Waals surface area contributed by atoms with Gasteiger partial charge in [0.2, 0.25) is 0 Å². The number of nitrogens with one attached hydrogen (secondary N) is 1. The molecule has 9 heteroatoms. The fourth-order valence-electron chi connectivity index (χ4n) is 3.38. The van der Waals surface area contributed by atoms with Crippen LogP contribution in [0.4, 0.5) is 11.5 Å². The Morgan fingerprint density at radius 2 is 1.86 bits per heavy atom. The molecule has 3 aromatic rings. The molecule has 144 valence electrons. The van der Waals surface area contributed by atoms with E-state index >= 15 is 0 Å². The standard InChI is InChI=1S/C19H21N7O2/c1-24(2)18-14-11-13(3-4-15(14)20-12-21-18)25-7-9-26(10-8-25)19(28)16-5-6-17(27)23-22-16/h3-6,11-12H,7-10H2,1-2H3,(H,23,27). The van der Waals surface area contributed by atoms with Crippen LogP contribution >= 0.6 is 0 Å². The van der Waals surface area contributed by atoms with Gasteiger partial charge in [0.05, 0.1) is 5.52 Å². The quantitative estimate of drug-likeness (QED) is 0.717. The molecule has 2 aromatic heterocycles. The molecule has 3 heterocycles. The number of benzene rings is 1. The van der Waals surface area contributed by atoms with Crippen LogP contribution in [0.1, 0.15) is 10.5 Å². The lowest BCUT2D eigenvalue weighted by Gasteiger charge is -2.36. The second-order valence-electron chi connectivity index (χ2n) is 6.88. The Labute approximate surface area is 161 Å². The fourth-order valence-corrected chi connectivity index (χ4v) is 3.38. The largest absolute Gasteiger partial charge is 0.368 e. The Kier molecular flexibility index (Phi) is 4.64. The highest BCUT2D eigenvalue weighted by Gasteiger charge is 2.23. The van der Waals surface area contributed by atoms with Gasteiger partial charge in [-0.2, -0.15) is 5.10 Å². The van der Waals surface area contributed by atoms with Crippen molar-refractivity contribution < 1.29 is 4.79 Å². The maximum absolute atomic E-state index is 12.5. The van der Waals surface area contributed by atoms with E-state index in [9.17, 15) is 9.59 Å². The van der Waals surface area contributed by atoms with Crippen LogP contribution in [0, 0.1) is 0 Å². The third kappa shape index (κ3) is 3.38. The van der Waals surface area contributed by atoms with Gasteiger partial charge in [-0.1, -0.05) is 0 Å². The molecule has 0 spiro atoms. The first-order chi connectivity index (χ1) is 13.5. The van der Waals surface area contributed by atoms with Gasteiger partial charge in [-0.25, -0.2) is 15.1 Å². The van der Waals surface area contributed by atoms with E-state index in [1.807, 2.05) is 25.1 Å². The van der Waals surface area contributed by atoms with Gasteiger partial charge in [-0.3, -0.25) is 9.59 Å². The van der Waals surface area contributed by atoms with E-state index in [1.54, 1.807) is 11.2 Å². The summed E-state index contributed by atoms with van der Waals surface area (Å²) >= 11 is 0. The number of hydrogen-bond donors (Lipinski definition) is 1. The van der Waals surface area contributed by atoms with Crippen LogP contribution in [-0.4, -0.2) is 71.2 Å². The van der Waals surface area contributed by atoms with Crippen LogP contribution in [0.15, 0.2) is 41.5 Å². The second kappa shape index (κ2) is 7.26. The SMILES string of the molecule is CN(C)c1ncnc2ccc(N3CCN(C(=O)c4ccc(=O)[nH]n4)CC3)cc12. The number of nitrogens with zero attached hydrogens (tertiary/aromatic N) is 6. The third-order valence-electron chi connectivity index (χ3n) is 4.85. The summed E-state index contributed by atoms with van der Waals surface area (Å²) in [4.78, 5) is 38.4. The van der Waals surface area contributed by atoms with E-state index in [0.717, 1.165) is 22.4 Å². The summed E-state index contributed by atoms with van der Waals surface area (Å²) in [7, 11) is 3.92. The first kappa shape index (κ1) is 17.9. The van der Waals surface area contributed by atoms with Crippen LogP contribution in [0.3, 0.4) is 0 Å². The summed E-state index contributed by atoms with van der Waals surface area (Å²) in [5.41, 5.74) is 1.92. The van der Waals surface area contributed by atoms with E-state index in [4.69, 9.17) is 0 Å². The first-order valence-electron chi connectivity index (χ1n) is 9.05. The van der Waals surface area contributed by atoms with Gasteiger partial charge in [0.1, 0.15) is 17.8 Å². The molecule has 4 rings (SSSR count). The van der Waals surface area contributed by atoms with Gasteiger partial charge < -0.3 is 14.7 Å². The van der Waals surface area contributed by atoms with E-state index in [0.29, 0.717) is 26.2 Å². The van der Waals surface area contributed by atoms with Crippen molar-refractivity contribution in [2.24, 2.45) is 0 Å². The number of piperazine rings is 1. The highest BCUT2D eigenvalue weighted by Crippen LogP contribution is 2.27. The van der Waals surface area contributed by atoms with Crippen molar-refractivity contribution in [3.8, 4) is 0 Å². The van der Waals surface area contributed by atoms with E-state index < -0.39 is 0 Å². The van der Waals surface area contributed by atoms with E-state index in [-0.39, 0.29) is 17.2 Å². The van der Waals surface area contributed by atoms with Crippen molar-refractivity contribution in [1.29, 1.82) is 0 Å². The molecule has 9 nitrogen and oxygen atoms in total. The maximum atomic E-state index is 12.5. The molecular formula is C19H21N7O2. The van der Waals surface area contributed by atoms with Crippen molar-refractivity contribution in [2.75, 3.05) is 50.1 Å². The number of hydrogen-bond acceptors (Lipinski definition) is 7. The number of H-pyrrole nitrogens is 1. The zero-order valence-corrected chi connectivity index (χ0v) is 15.8. The number of anilines is 2. The molecule has 1 aromatic carbocycles. The molecule has 0 saturated carbocycles. The zero-order chi connectivity index (χ0) is 19.7. The molecule has 0 bridgehead atoms. The molecule has 1 amide bonds. The molecule has 1 N–H and O–H groups in total. The highest BCUT2D eigenvalue weighted by molar-refractivity contribution is 5.93. The number of carbonyl (C=O) groups is 1. The van der Waals surface area contributed by atoms with Gasteiger partial charge in [0, 0.05) is 57.4 Å². The average Bonchev–Trinajstić information content (AvgIpc) is 2.73. The lowest BCUT2D eigenvalue weighted by atomic mass is 10.1. The van der Waals surface area contributed by atoms with Gasteiger partial charge in [0.25, 0.3) is 11.5 Å². The average molecular weight is 379 g/mol. The Hall–Kier alpha value is -3.49. The second-order valence-corrected chi connectivity index (χ2v) is 6.88. The van der Waals surface area contributed by atoms with Crippen molar-refractivity contribution >= 4 is 28.3 Å². The summed E-state index contributed by atoms with van der Waals surface area (Å²) in [6, 6.07) is 8.93. The number of carbonyl (C=O) groups excluding carboxylic acids is 1. The molecule has 1 aliphatic rings. The number of amides is 1. The molecule has 1 saturated heterocycles. The predicted molar refractivity (Wildman–Crippen MR) is 107 cm³/mol. The maximum Gasteiger partial charge on any atom is 0.274 e. The summed E-state index contributed by atoms with van der Waals surface area (Å²) in [5, 5.41) is 7.14. The zero-order valence-electron chi connectivity index (χ0n) is 15.8. The number of rotatable bonds is 3. The number of fused-ring (bicyclic) bond motifs is 1. The van der Waals surface area contributed by atoms with Crippen molar-refractivity contribution in [3.05, 3.63) is 52.7 Å². The molecule has 1 fully saturated rings. The summed E-state index contributed by atoms with van der Waals surface area (Å²) in [5.74, 6) is 0.711. The van der Waals surface area contributed by atoms with Gasteiger partial charge >= 0.3 is 0 Å². The minimum Gasteiger partial charge on any atom is -0.368 e. The first-order valence-corrected chi connectivity index (χ1v) is 9.05. The smallest absolute Gasteiger partial charge is 0.274 e. The summed E-state index contributed by atoms with van der Waals surface area (Å²) < 4.78 is 0. The van der Waals surface area contributed by atoms with E-state index in [1.165, 1.54) is 12.1 Å². The Bertz CT molecular complexity index is 1050. The van der Waals surface area contributed by atoms with Crippen LogP contribution in [0.2, 0.25) is 0 Å². The fraction of sp³-hybridized carbons (Fsp3) is 0.316. The Morgan fingerprint density at radius 1 is 1.07 bits per heavy atom. The summed E-state index contributed by atoms with van der Waals surface area (Å²) in [6.07, 6.45) is 1.58. The van der Waals surface area contributed by atoms with Gasteiger partial charge in [-0.15, -0.1) is 0 Å². The lowest BCUT2D eigenvalue weighted by Crippen LogP contribution is -2.49.